The zero-order valence-electron chi connectivity index (χ0n) is 15.1. The van der Waals surface area contributed by atoms with E-state index in [2.05, 4.69) is 20.2 Å². The molecule has 1 saturated heterocycles. The summed E-state index contributed by atoms with van der Waals surface area (Å²) in [5.74, 6) is 1.10. The Bertz CT molecular complexity index is 504. The second kappa shape index (κ2) is 12.3. The van der Waals surface area contributed by atoms with Crippen molar-refractivity contribution < 1.29 is 9.47 Å². The van der Waals surface area contributed by atoms with Crippen LogP contribution < -0.4 is 15.8 Å². The van der Waals surface area contributed by atoms with Crippen molar-refractivity contribution in [3.05, 3.63) is 23.9 Å². The zero-order valence-corrected chi connectivity index (χ0v) is 17.4. The number of rotatable bonds is 8. The highest BCUT2D eigenvalue weighted by molar-refractivity contribution is 14.0. The van der Waals surface area contributed by atoms with Gasteiger partial charge >= 0.3 is 0 Å². The number of ether oxygens (including phenoxy) is 2. The van der Waals surface area contributed by atoms with E-state index < -0.39 is 0 Å². The summed E-state index contributed by atoms with van der Waals surface area (Å²) in [6.45, 7) is 10.1. The van der Waals surface area contributed by atoms with Crippen LogP contribution in [0.3, 0.4) is 0 Å². The first-order valence-corrected chi connectivity index (χ1v) is 8.59. The van der Waals surface area contributed by atoms with E-state index in [0.29, 0.717) is 18.4 Å². The summed E-state index contributed by atoms with van der Waals surface area (Å²) in [7, 11) is 0. The number of nitrogens with one attached hydrogen (secondary N) is 1. The quantitative estimate of drug-likeness (QED) is 0.264. The lowest BCUT2D eigenvalue weighted by Crippen LogP contribution is -2.39. The second-order valence-corrected chi connectivity index (χ2v) is 6.11. The van der Waals surface area contributed by atoms with Crippen molar-refractivity contribution >= 4 is 29.9 Å². The van der Waals surface area contributed by atoms with Gasteiger partial charge in [0.2, 0.25) is 5.88 Å². The number of morpholine rings is 1. The number of pyridine rings is 1. The molecule has 1 aromatic heterocycles. The molecule has 0 aromatic carbocycles. The van der Waals surface area contributed by atoms with Crippen molar-refractivity contribution in [1.82, 2.24) is 15.2 Å². The Morgan fingerprint density at radius 2 is 2.16 bits per heavy atom. The second-order valence-electron chi connectivity index (χ2n) is 6.11. The normalized spacial score (nSPS) is 15.7. The first kappa shape index (κ1) is 21.9. The van der Waals surface area contributed by atoms with Crippen molar-refractivity contribution in [3.8, 4) is 5.88 Å². The maximum atomic E-state index is 5.90. The van der Waals surface area contributed by atoms with E-state index in [1.54, 1.807) is 6.20 Å². The molecule has 0 radical (unpaired) electrons. The molecule has 7 nitrogen and oxygen atoms in total. The van der Waals surface area contributed by atoms with E-state index in [0.717, 1.165) is 51.4 Å². The Kier molecular flexibility index (Phi) is 10.7. The van der Waals surface area contributed by atoms with Crippen LogP contribution in [0.15, 0.2) is 23.3 Å². The summed E-state index contributed by atoms with van der Waals surface area (Å²) in [6.07, 6.45) is 2.94. The monoisotopic (exact) mass is 463 g/mol. The molecule has 0 unspecified atom stereocenters. The molecule has 2 rings (SSSR count). The predicted octanol–water partition coefficient (Wildman–Crippen LogP) is 1.61. The third-order valence-electron chi connectivity index (χ3n) is 3.65. The summed E-state index contributed by atoms with van der Waals surface area (Å²) >= 11 is 0. The molecule has 1 aliphatic rings. The standard InChI is InChI=1S/C17H29N5O2.HI/c1-14(2)24-16-5-4-15(12-20-16)13-21-17(18)19-6-3-7-22-8-10-23-11-9-22;/h4-5,12,14H,3,6-11,13H2,1-2H3,(H3,18,19,21);1H. The van der Waals surface area contributed by atoms with Crippen LogP contribution in [0.4, 0.5) is 0 Å². The zero-order chi connectivity index (χ0) is 17.2. The molecule has 2 heterocycles. The molecular weight excluding hydrogens is 433 g/mol. The van der Waals surface area contributed by atoms with Crippen LogP contribution in [0.25, 0.3) is 0 Å². The fourth-order valence-electron chi connectivity index (χ4n) is 2.39. The van der Waals surface area contributed by atoms with Gasteiger partial charge < -0.3 is 20.5 Å². The molecule has 3 N–H and O–H groups in total. The fourth-order valence-corrected chi connectivity index (χ4v) is 2.39. The lowest BCUT2D eigenvalue weighted by molar-refractivity contribution is 0.0376. The van der Waals surface area contributed by atoms with Crippen LogP contribution in [0.1, 0.15) is 25.8 Å². The van der Waals surface area contributed by atoms with Crippen molar-refractivity contribution in [2.75, 3.05) is 39.4 Å². The summed E-state index contributed by atoms with van der Waals surface area (Å²) < 4.78 is 10.8. The van der Waals surface area contributed by atoms with Crippen LogP contribution >= 0.6 is 24.0 Å². The van der Waals surface area contributed by atoms with Gasteiger partial charge in [0, 0.05) is 31.9 Å². The highest BCUT2D eigenvalue weighted by atomic mass is 127. The number of hydrogen-bond donors (Lipinski definition) is 2. The Hall–Kier alpha value is -1.13. The van der Waals surface area contributed by atoms with Crippen LogP contribution in [-0.2, 0) is 11.3 Å². The average Bonchev–Trinajstić information content (AvgIpc) is 2.58. The Morgan fingerprint density at radius 1 is 1.40 bits per heavy atom. The summed E-state index contributed by atoms with van der Waals surface area (Å²) in [6, 6.07) is 3.82. The minimum absolute atomic E-state index is 0. The van der Waals surface area contributed by atoms with Crippen LogP contribution in [0.5, 0.6) is 5.88 Å². The van der Waals surface area contributed by atoms with E-state index in [4.69, 9.17) is 15.2 Å². The van der Waals surface area contributed by atoms with Crippen molar-refractivity contribution in [2.24, 2.45) is 10.7 Å². The summed E-state index contributed by atoms with van der Waals surface area (Å²) in [4.78, 5) is 11.0. The highest BCUT2D eigenvalue weighted by Crippen LogP contribution is 2.10. The van der Waals surface area contributed by atoms with Crippen molar-refractivity contribution in [2.45, 2.75) is 32.9 Å². The van der Waals surface area contributed by atoms with Gasteiger partial charge in [-0.05, 0) is 32.4 Å². The molecule has 0 spiro atoms. The molecule has 1 aromatic rings. The molecule has 0 aliphatic carbocycles. The maximum absolute atomic E-state index is 5.90. The maximum Gasteiger partial charge on any atom is 0.213 e. The molecule has 0 saturated carbocycles. The van der Waals surface area contributed by atoms with Crippen LogP contribution in [-0.4, -0.2) is 61.3 Å². The Balaban J connectivity index is 0.00000312. The smallest absolute Gasteiger partial charge is 0.213 e. The van der Waals surface area contributed by atoms with Gasteiger partial charge in [0.15, 0.2) is 5.96 Å². The van der Waals surface area contributed by atoms with Crippen LogP contribution in [0.2, 0.25) is 0 Å². The minimum atomic E-state index is 0. The van der Waals surface area contributed by atoms with Gasteiger partial charge in [-0.1, -0.05) is 6.07 Å². The first-order chi connectivity index (χ1) is 11.6. The Morgan fingerprint density at radius 3 is 2.80 bits per heavy atom. The predicted molar refractivity (Wildman–Crippen MR) is 111 cm³/mol. The molecule has 0 bridgehead atoms. The third-order valence-corrected chi connectivity index (χ3v) is 3.65. The Labute approximate surface area is 167 Å². The van der Waals surface area contributed by atoms with Gasteiger partial charge in [0.1, 0.15) is 0 Å². The largest absolute Gasteiger partial charge is 0.475 e. The van der Waals surface area contributed by atoms with E-state index in [-0.39, 0.29) is 30.1 Å². The van der Waals surface area contributed by atoms with Gasteiger partial charge in [-0.2, -0.15) is 0 Å². The van der Waals surface area contributed by atoms with Gasteiger partial charge in [0.25, 0.3) is 0 Å². The number of aromatic nitrogens is 1. The fraction of sp³-hybridized carbons (Fsp3) is 0.647. The molecule has 142 valence electrons. The number of nitrogens with zero attached hydrogens (tertiary/aromatic N) is 3. The minimum Gasteiger partial charge on any atom is -0.475 e. The van der Waals surface area contributed by atoms with Gasteiger partial charge in [-0.25, -0.2) is 9.98 Å². The van der Waals surface area contributed by atoms with E-state index in [1.165, 1.54) is 0 Å². The number of guanidine groups is 1. The topological polar surface area (TPSA) is 85.0 Å². The summed E-state index contributed by atoms with van der Waals surface area (Å²) in [5, 5.41) is 3.15. The highest BCUT2D eigenvalue weighted by Gasteiger charge is 2.09. The molecule has 0 amide bonds. The third kappa shape index (κ3) is 9.22. The molecule has 25 heavy (non-hydrogen) atoms. The lowest BCUT2D eigenvalue weighted by Gasteiger charge is -2.26. The number of aliphatic imine (C=N–C) groups is 1. The van der Waals surface area contributed by atoms with E-state index >= 15 is 0 Å². The van der Waals surface area contributed by atoms with Crippen molar-refractivity contribution in [1.29, 1.82) is 0 Å². The van der Waals surface area contributed by atoms with Gasteiger partial charge in [0.05, 0.1) is 25.9 Å². The number of halogens is 1. The number of hydrogen-bond acceptors (Lipinski definition) is 5. The SMILES string of the molecule is CC(C)Oc1ccc(CN=C(N)NCCCN2CCOCC2)cn1.I. The average molecular weight is 463 g/mol. The molecule has 1 fully saturated rings. The van der Waals surface area contributed by atoms with Gasteiger partial charge in [-0.3, -0.25) is 4.90 Å². The summed E-state index contributed by atoms with van der Waals surface area (Å²) in [5.41, 5.74) is 6.90. The lowest BCUT2D eigenvalue weighted by atomic mass is 10.3. The van der Waals surface area contributed by atoms with Crippen molar-refractivity contribution in [3.63, 3.8) is 0 Å². The molecule has 8 heteroatoms. The van der Waals surface area contributed by atoms with E-state index in [9.17, 15) is 0 Å². The number of nitrogens with two attached hydrogens (primary N) is 1. The first-order valence-electron chi connectivity index (χ1n) is 8.59. The van der Waals surface area contributed by atoms with Crippen LogP contribution in [0, 0.1) is 0 Å². The molecular formula is C17H30IN5O2. The molecule has 0 atom stereocenters. The molecule has 1 aliphatic heterocycles. The van der Waals surface area contributed by atoms with E-state index in [1.807, 2.05) is 26.0 Å². The van der Waals surface area contributed by atoms with Gasteiger partial charge in [-0.15, -0.1) is 24.0 Å².